The van der Waals surface area contributed by atoms with E-state index in [0.717, 1.165) is 0 Å². The minimum absolute atomic E-state index is 0.148. The Hall–Kier alpha value is -2.88. The smallest absolute Gasteiger partial charge is 0.274 e. The summed E-state index contributed by atoms with van der Waals surface area (Å²) in [6.07, 6.45) is 7.12. The molecule has 0 unspecified atom stereocenters. The molecule has 2 heterocycles. The Morgan fingerprint density at radius 1 is 1.32 bits per heavy atom. The Balaban J connectivity index is 1.79. The zero-order valence-corrected chi connectivity index (χ0v) is 19.1. The summed E-state index contributed by atoms with van der Waals surface area (Å²) >= 11 is 15.8. The topological polar surface area (TPSA) is 119 Å². The summed E-state index contributed by atoms with van der Waals surface area (Å²) in [4.78, 5) is 25.4. The Labute approximate surface area is 194 Å². The molecule has 158 valence electrons. The van der Waals surface area contributed by atoms with Crippen LogP contribution in [-0.2, 0) is 0 Å². The van der Waals surface area contributed by atoms with Crippen LogP contribution >= 0.6 is 39.1 Å². The number of aryl methyl sites for hydroxylation is 1. The van der Waals surface area contributed by atoms with Gasteiger partial charge in [0.2, 0.25) is 0 Å². The highest BCUT2D eigenvalue weighted by atomic mass is 79.9. The third kappa shape index (κ3) is 4.04. The van der Waals surface area contributed by atoms with Gasteiger partial charge in [0.15, 0.2) is 0 Å². The van der Waals surface area contributed by atoms with Crippen LogP contribution in [0.2, 0.25) is 0 Å². The largest absolute Gasteiger partial charge is 0.365 e. The number of carbonyl (C=O) groups is 2. The van der Waals surface area contributed by atoms with Crippen molar-refractivity contribution < 1.29 is 9.59 Å². The van der Waals surface area contributed by atoms with Gasteiger partial charge in [0.1, 0.15) is 10.3 Å². The number of carbonyl (C=O) groups excluding carboxylic acids is 2. The number of nitrogens with zero attached hydrogens (tertiary/aromatic N) is 3. The monoisotopic (exact) mass is 520 g/mol. The highest BCUT2D eigenvalue weighted by Crippen LogP contribution is 2.31. The SMILES string of the molecule is Cc1cc2cn[nH]c2c(C(N)=O)c1NC(=O)c1cc(Br)nn1C1=C(Cl)C=C(Cl)C=CC1. The summed E-state index contributed by atoms with van der Waals surface area (Å²) in [5, 5.41) is 15.4. The van der Waals surface area contributed by atoms with Crippen molar-refractivity contribution >= 4 is 73.2 Å². The van der Waals surface area contributed by atoms with Crippen molar-refractivity contribution in [2.45, 2.75) is 13.3 Å². The minimum Gasteiger partial charge on any atom is -0.365 e. The van der Waals surface area contributed by atoms with E-state index in [2.05, 4.69) is 36.5 Å². The van der Waals surface area contributed by atoms with Gasteiger partial charge in [-0.1, -0.05) is 29.3 Å². The number of fused-ring (bicyclic) bond motifs is 1. The van der Waals surface area contributed by atoms with E-state index in [0.29, 0.717) is 48.9 Å². The molecule has 2 aromatic heterocycles. The lowest BCUT2D eigenvalue weighted by Gasteiger charge is -2.15. The summed E-state index contributed by atoms with van der Waals surface area (Å²) in [5.74, 6) is -1.19. The molecule has 1 aliphatic rings. The molecule has 2 amide bonds. The second kappa shape index (κ2) is 8.33. The van der Waals surface area contributed by atoms with E-state index >= 15 is 0 Å². The van der Waals surface area contributed by atoms with Crippen molar-refractivity contribution in [3.8, 4) is 0 Å². The van der Waals surface area contributed by atoms with Gasteiger partial charge in [-0.15, -0.1) is 0 Å². The lowest BCUT2D eigenvalue weighted by atomic mass is 10.0. The second-order valence-electron chi connectivity index (χ2n) is 6.79. The quantitative estimate of drug-likeness (QED) is 0.462. The lowest BCUT2D eigenvalue weighted by molar-refractivity contribution is 0.100. The van der Waals surface area contributed by atoms with Crippen LogP contribution in [0.4, 0.5) is 5.69 Å². The number of H-pyrrole nitrogens is 1. The number of hydrogen-bond acceptors (Lipinski definition) is 4. The van der Waals surface area contributed by atoms with Gasteiger partial charge in [-0.3, -0.25) is 14.7 Å². The summed E-state index contributed by atoms with van der Waals surface area (Å²) in [7, 11) is 0. The van der Waals surface area contributed by atoms with E-state index < -0.39 is 11.8 Å². The lowest BCUT2D eigenvalue weighted by Crippen LogP contribution is -2.22. The van der Waals surface area contributed by atoms with Gasteiger partial charge in [-0.25, -0.2) is 4.68 Å². The van der Waals surface area contributed by atoms with Crippen LogP contribution in [0.1, 0.15) is 32.8 Å². The van der Waals surface area contributed by atoms with Crippen molar-refractivity contribution in [3.63, 3.8) is 0 Å². The van der Waals surface area contributed by atoms with Crippen LogP contribution in [0.5, 0.6) is 0 Å². The number of hydrogen-bond donors (Lipinski definition) is 3. The molecule has 4 N–H and O–H groups in total. The molecule has 0 fully saturated rings. The highest BCUT2D eigenvalue weighted by Gasteiger charge is 2.23. The first-order valence-electron chi connectivity index (χ1n) is 9.02. The van der Waals surface area contributed by atoms with Gasteiger partial charge in [0.25, 0.3) is 11.8 Å². The van der Waals surface area contributed by atoms with Crippen LogP contribution in [0.3, 0.4) is 0 Å². The fraction of sp³-hybridized carbons (Fsp3) is 0.100. The van der Waals surface area contributed by atoms with Crippen LogP contribution in [0, 0.1) is 6.92 Å². The Kier molecular flexibility index (Phi) is 5.74. The minimum atomic E-state index is -0.692. The zero-order valence-electron chi connectivity index (χ0n) is 16.0. The molecule has 11 heteroatoms. The van der Waals surface area contributed by atoms with Gasteiger partial charge < -0.3 is 11.1 Å². The van der Waals surface area contributed by atoms with E-state index in [-0.39, 0.29) is 11.3 Å². The molecular formula is C20H15BrCl2N6O2. The third-order valence-electron chi connectivity index (χ3n) is 4.72. The number of halogens is 3. The molecule has 0 aliphatic heterocycles. The molecule has 0 radical (unpaired) electrons. The average Bonchev–Trinajstić information content (AvgIpc) is 3.26. The Morgan fingerprint density at radius 3 is 2.84 bits per heavy atom. The molecule has 0 spiro atoms. The molecule has 1 aromatic carbocycles. The maximum atomic E-state index is 13.3. The van der Waals surface area contributed by atoms with Crippen molar-refractivity contribution in [3.05, 3.63) is 68.0 Å². The maximum Gasteiger partial charge on any atom is 0.274 e. The third-order valence-corrected chi connectivity index (χ3v) is 5.67. The molecule has 4 rings (SSSR count). The molecular weight excluding hydrogens is 507 g/mol. The standard InChI is InChI=1S/C20H15BrCl2N6O2/c1-9-5-10-8-25-27-18(10)16(19(24)30)17(9)26-20(31)14-7-15(21)28-29(14)13-4-2-3-11(22)6-12(13)23/h2-3,5-8H,4H2,1H3,(H2,24,30)(H,25,27)(H,26,31). The van der Waals surface area contributed by atoms with Crippen LogP contribution in [0.15, 0.2) is 51.2 Å². The van der Waals surface area contributed by atoms with Crippen molar-refractivity contribution in [1.29, 1.82) is 0 Å². The molecule has 31 heavy (non-hydrogen) atoms. The Morgan fingerprint density at radius 2 is 2.10 bits per heavy atom. The maximum absolute atomic E-state index is 13.3. The first-order valence-corrected chi connectivity index (χ1v) is 10.6. The molecule has 0 saturated heterocycles. The molecule has 3 aromatic rings. The van der Waals surface area contributed by atoms with Crippen molar-refractivity contribution in [2.75, 3.05) is 5.32 Å². The number of nitrogens with two attached hydrogens (primary N) is 1. The second-order valence-corrected chi connectivity index (χ2v) is 8.45. The molecule has 8 nitrogen and oxygen atoms in total. The van der Waals surface area contributed by atoms with Crippen LogP contribution in [0.25, 0.3) is 16.6 Å². The van der Waals surface area contributed by atoms with Crippen molar-refractivity contribution in [2.24, 2.45) is 5.73 Å². The first kappa shape index (κ1) is 21.4. The number of amides is 2. The number of aromatic nitrogens is 4. The van der Waals surface area contributed by atoms with E-state index in [1.165, 1.54) is 4.68 Å². The van der Waals surface area contributed by atoms with Gasteiger partial charge in [0.05, 0.1) is 33.7 Å². The summed E-state index contributed by atoms with van der Waals surface area (Å²) < 4.78 is 1.88. The summed E-state index contributed by atoms with van der Waals surface area (Å²) in [5.41, 5.74) is 7.93. The van der Waals surface area contributed by atoms with Gasteiger partial charge in [0, 0.05) is 22.9 Å². The predicted molar refractivity (Wildman–Crippen MR) is 124 cm³/mol. The normalized spacial score (nSPS) is 14.0. The molecule has 1 aliphatic carbocycles. The number of rotatable bonds is 4. The Bertz CT molecular complexity index is 1330. The van der Waals surface area contributed by atoms with E-state index in [1.807, 2.05) is 6.08 Å². The number of nitrogens with one attached hydrogen (secondary N) is 2. The van der Waals surface area contributed by atoms with Gasteiger partial charge >= 0.3 is 0 Å². The molecule has 0 bridgehead atoms. The highest BCUT2D eigenvalue weighted by molar-refractivity contribution is 9.10. The first-order chi connectivity index (χ1) is 14.8. The summed E-state index contributed by atoms with van der Waals surface area (Å²) in [6, 6.07) is 3.36. The fourth-order valence-electron chi connectivity index (χ4n) is 3.36. The van der Waals surface area contributed by atoms with E-state index in [1.54, 1.807) is 37.4 Å². The van der Waals surface area contributed by atoms with Crippen molar-refractivity contribution in [1.82, 2.24) is 20.0 Å². The van der Waals surface area contributed by atoms with Crippen LogP contribution < -0.4 is 11.1 Å². The number of allylic oxidation sites excluding steroid dienone is 6. The zero-order chi connectivity index (χ0) is 22.3. The number of aromatic amines is 1. The van der Waals surface area contributed by atoms with E-state index in [9.17, 15) is 9.59 Å². The fourth-order valence-corrected chi connectivity index (χ4v) is 4.26. The van der Waals surface area contributed by atoms with Gasteiger partial charge in [-0.2, -0.15) is 10.2 Å². The van der Waals surface area contributed by atoms with Gasteiger partial charge in [-0.05, 0) is 46.6 Å². The molecule has 0 saturated carbocycles. The predicted octanol–water partition coefficient (Wildman–Crippen LogP) is 4.67. The van der Waals surface area contributed by atoms with E-state index in [4.69, 9.17) is 28.9 Å². The number of anilines is 1. The molecule has 0 atom stereocenters. The number of benzene rings is 1. The van der Waals surface area contributed by atoms with Crippen LogP contribution in [-0.4, -0.2) is 31.8 Å². The summed E-state index contributed by atoms with van der Waals surface area (Å²) in [6.45, 7) is 1.77. The average molecular weight is 522 g/mol. The number of primary amides is 1.